The van der Waals surface area contributed by atoms with Gasteiger partial charge in [-0.3, -0.25) is 10.00 Å². The number of nitrogens with zero attached hydrogens (tertiary/aromatic N) is 2. The number of piperidine rings is 1. The molecule has 1 aliphatic rings. The minimum absolute atomic E-state index is 0.506. The van der Waals surface area contributed by atoms with Crippen LogP contribution in [0.25, 0.3) is 11.3 Å². The number of benzene rings is 2. The summed E-state index contributed by atoms with van der Waals surface area (Å²) < 4.78 is 5.47. The molecule has 1 saturated heterocycles. The smallest absolute Gasteiger partial charge is 0.128 e. The van der Waals surface area contributed by atoms with Crippen molar-refractivity contribution >= 4 is 11.6 Å². The van der Waals surface area contributed by atoms with Crippen LogP contribution >= 0.6 is 11.6 Å². The van der Waals surface area contributed by atoms with Crippen LogP contribution in [-0.4, -0.2) is 35.3 Å². The highest BCUT2D eigenvalue weighted by molar-refractivity contribution is 6.30. The van der Waals surface area contributed by atoms with E-state index in [9.17, 15) is 0 Å². The molecule has 1 N–H and O–H groups in total. The summed E-state index contributed by atoms with van der Waals surface area (Å²) in [6.45, 7) is 3.16. The van der Waals surface area contributed by atoms with Gasteiger partial charge in [0, 0.05) is 23.0 Å². The fourth-order valence-electron chi connectivity index (χ4n) is 3.79. The van der Waals surface area contributed by atoms with E-state index >= 15 is 0 Å². The molecule has 0 unspecified atom stereocenters. The second kappa shape index (κ2) is 8.15. The molecule has 0 amide bonds. The first kappa shape index (κ1) is 18.1. The van der Waals surface area contributed by atoms with Gasteiger partial charge in [0.1, 0.15) is 5.75 Å². The van der Waals surface area contributed by atoms with Crippen LogP contribution in [0.5, 0.6) is 5.75 Å². The Hall–Kier alpha value is -2.30. The van der Waals surface area contributed by atoms with E-state index < -0.39 is 0 Å². The Morgan fingerprint density at radius 2 is 1.85 bits per heavy atom. The molecule has 4 rings (SSSR count). The molecular weight excluding hydrogens is 358 g/mol. The number of aromatic nitrogens is 2. The van der Waals surface area contributed by atoms with Crippen molar-refractivity contribution in [2.75, 3.05) is 20.2 Å². The molecule has 3 aromatic rings. The predicted molar refractivity (Wildman–Crippen MR) is 109 cm³/mol. The summed E-state index contributed by atoms with van der Waals surface area (Å²) in [5, 5.41) is 8.58. The third kappa shape index (κ3) is 4.18. The zero-order valence-corrected chi connectivity index (χ0v) is 16.2. The average Bonchev–Trinajstić information content (AvgIpc) is 3.20. The minimum atomic E-state index is 0.506. The molecule has 27 heavy (non-hydrogen) atoms. The Balaban J connectivity index is 1.39. The lowest BCUT2D eigenvalue weighted by molar-refractivity contribution is 0.203. The summed E-state index contributed by atoms with van der Waals surface area (Å²) >= 11 is 5.98. The number of nitrogens with one attached hydrogen (secondary N) is 1. The van der Waals surface area contributed by atoms with E-state index in [1.807, 2.05) is 30.3 Å². The number of rotatable bonds is 5. The molecule has 1 fully saturated rings. The van der Waals surface area contributed by atoms with Crippen LogP contribution in [0.3, 0.4) is 0 Å². The number of H-pyrrole nitrogens is 1. The topological polar surface area (TPSA) is 41.1 Å². The van der Waals surface area contributed by atoms with E-state index in [1.54, 1.807) is 7.11 Å². The molecule has 140 valence electrons. The van der Waals surface area contributed by atoms with Crippen LogP contribution in [0, 0.1) is 0 Å². The van der Waals surface area contributed by atoms with Gasteiger partial charge in [-0.25, -0.2) is 0 Å². The van der Waals surface area contributed by atoms with Crippen LogP contribution in [0.2, 0.25) is 5.02 Å². The van der Waals surface area contributed by atoms with Gasteiger partial charge in [-0.2, -0.15) is 5.10 Å². The van der Waals surface area contributed by atoms with Gasteiger partial charge in [-0.05, 0) is 61.8 Å². The number of hydrogen-bond acceptors (Lipinski definition) is 3. The van der Waals surface area contributed by atoms with Crippen molar-refractivity contribution in [2.45, 2.75) is 25.3 Å². The molecular formula is C22H24ClN3O. The highest BCUT2D eigenvalue weighted by atomic mass is 35.5. The number of aromatic amines is 1. The van der Waals surface area contributed by atoms with Crippen molar-refractivity contribution < 1.29 is 4.74 Å². The second-order valence-electron chi connectivity index (χ2n) is 7.08. The standard InChI is InChI=1S/C22H24ClN3O/c1-27-22-5-3-2-4-19(22)21-14-20(24-25-21)17-10-12-26(13-11-17)15-16-6-8-18(23)9-7-16/h2-9,14,17H,10-13,15H2,1H3,(H,24,25). The highest BCUT2D eigenvalue weighted by Gasteiger charge is 2.23. The SMILES string of the molecule is COc1ccccc1-c1cc(C2CCN(Cc3ccc(Cl)cc3)CC2)n[nH]1. The summed E-state index contributed by atoms with van der Waals surface area (Å²) in [6, 6.07) is 18.4. The molecule has 0 bridgehead atoms. The van der Waals surface area contributed by atoms with Crippen molar-refractivity contribution in [3.8, 4) is 17.0 Å². The third-order valence-corrected chi connectivity index (χ3v) is 5.57. The van der Waals surface area contributed by atoms with E-state index in [-0.39, 0.29) is 0 Å². The van der Waals surface area contributed by atoms with Crippen molar-refractivity contribution in [2.24, 2.45) is 0 Å². The van der Waals surface area contributed by atoms with Gasteiger partial charge >= 0.3 is 0 Å². The number of halogens is 1. The van der Waals surface area contributed by atoms with Crippen LogP contribution < -0.4 is 4.74 Å². The van der Waals surface area contributed by atoms with Gasteiger partial charge in [0.05, 0.1) is 18.5 Å². The average molecular weight is 382 g/mol. The molecule has 5 heteroatoms. The van der Waals surface area contributed by atoms with Crippen molar-refractivity contribution in [1.82, 2.24) is 15.1 Å². The monoisotopic (exact) mass is 381 g/mol. The Morgan fingerprint density at radius 3 is 2.59 bits per heavy atom. The first-order valence-corrected chi connectivity index (χ1v) is 9.76. The maximum absolute atomic E-state index is 5.98. The maximum Gasteiger partial charge on any atom is 0.128 e. The first-order valence-electron chi connectivity index (χ1n) is 9.38. The normalized spacial score (nSPS) is 15.8. The molecule has 2 aromatic carbocycles. The molecule has 2 heterocycles. The van der Waals surface area contributed by atoms with Crippen molar-refractivity contribution in [3.05, 3.63) is 70.9 Å². The van der Waals surface area contributed by atoms with Crippen LogP contribution in [-0.2, 0) is 6.54 Å². The van der Waals surface area contributed by atoms with Gasteiger partial charge in [-0.15, -0.1) is 0 Å². The molecule has 1 aliphatic heterocycles. The molecule has 1 aromatic heterocycles. The van der Waals surface area contributed by atoms with Crippen LogP contribution in [0.1, 0.15) is 30.0 Å². The number of likely N-dealkylation sites (tertiary alicyclic amines) is 1. The van der Waals surface area contributed by atoms with Gasteiger partial charge in [-0.1, -0.05) is 35.9 Å². The zero-order chi connectivity index (χ0) is 18.6. The van der Waals surface area contributed by atoms with E-state index in [0.29, 0.717) is 5.92 Å². The lowest BCUT2D eigenvalue weighted by atomic mass is 9.93. The van der Waals surface area contributed by atoms with E-state index in [0.717, 1.165) is 60.2 Å². The fourth-order valence-corrected chi connectivity index (χ4v) is 3.91. The Bertz CT molecular complexity index is 883. The second-order valence-corrected chi connectivity index (χ2v) is 7.52. The van der Waals surface area contributed by atoms with Gasteiger partial charge in [0.15, 0.2) is 0 Å². The predicted octanol–water partition coefficient (Wildman–Crippen LogP) is 5.12. The molecule has 4 nitrogen and oxygen atoms in total. The quantitative estimate of drug-likeness (QED) is 0.667. The Labute approximate surface area is 165 Å². The van der Waals surface area contributed by atoms with Crippen molar-refractivity contribution in [3.63, 3.8) is 0 Å². The number of ether oxygens (including phenoxy) is 1. The lowest BCUT2D eigenvalue weighted by Gasteiger charge is -2.31. The molecule has 0 saturated carbocycles. The minimum Gasteiger partial charge on any atom is -0.496 e. The summed E-state index contributed by atoms with van der Waals surface area (Å²) in [4.78, 5) is 2.51. The Morgan fingerprint density at radius 1 is 1.11 bits per heavy atom. The fraction of sp³-hybridized carbons (Fsp3) is 0.318. The summed E-state index contributed by atoms with van der Waals surface area (Å²) in [6.07, 6.45) is 2.26. The largest absolute Gasteiger partial charge is 0.496 e. The molecule has 0 aliphatic carbocycles. The first-order chi connectivity index (χ1) is 13.2. The lowest BCUT2D eigenvalue weighted by Crippen LogP contribution is -2.32. The molecule has 0 radical (unpaired) electrons. The van der Waals surface area contributed by atoms with Gasteiger partial charge in [0.2, 0.25) is 0 Å². The number of methoxy groups -OCH3 is 1. The number of hydrogen-bond donors (Lipinski definition) is 1. The Kier molecular flexibility index (Phi) is 5.46. The van der Waals surface area contributed by atoms with Crippen LogP contribution in [0.4, 0.5) is 0 Å². The zero-order valence-electron chi connectivity index (χ0n) is 15.5. The van der Waals surface area contributed by atoms with Crippen LogP contribution in [0.15, 0.2) is 54.6 Å². The van der Waals surface area contributed by atoms with E-state index in [4.69, 9.17) is 16.3 Å². The highest BCUT2D eigenvalue weighted by Crippen LogP contribution is 2.33. The van der Waals surface area contributed by atoms with Crippen molar-refractivity contribution in [1.29, 1.82) is 0 Å². The third-order valence-electron chi connectivity index (χ3n) is 5.32. The van der Waals surface area contributed by atoms with Gasteiger partial charge in [0.25, 0.3) is 0 Å². The van der Waals surface area contributed by atoms with E-state index in [2.05, 4.69) is 39.4 Å². The molecule has 0 atom stereocenters. The molecule has 0 spiro atoms. The van der Waals surface area contributed by atoms with E-state index in [1.165, 1.54) is 5.56 Å². The van der Waals surface area contributed by atoms with Gasteiger partial charge < -0.3 is 4.74 Å². The summed E-state index contributed by atoms with van der Waals surface area (Å²) in [5.74, 6) is 1.37. The maximum atomic E-state index is 5.98. The summed E-state index contributed by atoms with van der Waals surface area (Å²) in [5.41, 5.74) is 4.54. The number of para-hydroxylation sites is 1. The summed E-state index contributed by atoms with van der Waals surface area (Å²) in [7, 11) is 1.70.